The number of nitrogens with zero attached hydrogens (tertiary/aromatic N) is 2. The lowest BCUT2D eigenvalue weighted by Crippen LogP contribution is -2.36. The minimum Gasteiger partial charge on any atom is -0.389 e. The summed E-state index contributed by atoms with van der Waals surface area (Å²) in [5, 5.41) is 15.6. The van der Waals surface area contributed by atoms with E-state index in [1.807, 2.05) is 14.0 Å². The third-order valence-corrected chi connectivity index (χ3v) is 4.45. The Labute approximate surface area is 108 Å². The molecule has 2 rings (SSSR count). The van der Waals surface area contributed by atoms with Crippen molar-refractivity contribution < 1.29 is 5.11 Å². The average molecular weight is 257 g/mol. The minimum atomic E-state index is -0.587. The van der Waals surface area contributed by atoms with E-state index in [2.05, 4.69) is 12.0 Å². The second-order valence-electron chi connectivity index (χ2n) is 5.55. The quantitative estimate of drug-likeness (QED) is 0.884. The molecule has 3 nitrogen and oxygen atoms in total. The summed E-state index contributed by atoms with van der Waals surface area (Å²) in [4.78, 5) is 0. The molecule has 0 saturated heterocycles. The Balaban J connectivity index is 2.15. The van der Waals surface area contributed by atoms with Crippen molar-refractivity contribution in [1.29, 1.82) is 0 Å². The molecular formula is C13H21ClN2O. The van der Waals surface area contributed by atoms with Crippen LogP contribution in [0.2, 0.25) is 5.02 Å². The van der Waals surface area contributed by atoms with Gasteiger partial charge < -0.3 is 5.11 Å². The van der Waals surface area contributed by atoms with Crippen LogP contribution >= 0.6 is 11.6 Å². The molecular weight excluding hydrogens is 236 g/mol. The fourth-order valence-corrected chi connectivity index (χ4v) is 2.89. The van der Waals surface area contributed by atoms with Crippen LogP contribution < -0.4 is 0 Å². The van der Waals surface area contributed by atoms with Gasteiger partial charge in [0, 0.05) is 13.5 Å². The van der Waals surface area contributed by atoms with E-state index in [-0.39, 0.29) is 0 Å². The van der Waals surface area contributed by atoms with Gasteiger partial charge in [-0.25, -0.2) is 0 Å². The average Bonchev–Trinajstić information content (AvgIpc) is 2.50. The zero-order valence-corrected chi connectivity index (χ0v) is 11.6. The summed E-state index contributed by atoms with van der Waals surface area (Å²) in [7, 11) is 1.89. The number of hydrogen-bond acceptors (Lipinski definition) is 2. The van der Waals surface area contributed by atoms with Crippen LogP contribution in [0, 0.1) is 12.8 Å². The van der Waals surface area contributed by atoms with Crippen LogP contribution in [0.25, 0.3) is 0 Å². The summed E-state index contributed by atoms with van der Waals surface area (Å²) in [6.07, 6.45) is 4.56. The summed E-state index contributed by atoms with van der Waals surface area (Å²) in [6.45, 7) is 4.15. The first-order valence-corrected chi connectivity index (χ1v) is 6.69. The number of halogens is 1. The lowest BCUT2D eigenvalue weighted by atomic mass is 9.77. The molecule has 0 spiro atoms. The van der Waals surface area contributed by atoms with E-state index in [1.54, 1.807) is 4.68 Å². The Kier molecular flexibility index (Phi) is 3.50. The molecule has 1 heterocycles. The molecule has 1 saturated carbocycles. The van der Waals surface area contributed by atoms with Gasteiger partial charge in [-0.15, -0.1) is 0 Å². The van der Waals surface area contributed by atoms with E-state index in [0.29, 0.717) is 11.4 Å². The third-order valence-electron chi connectivity index (χ3n) is 3.96. The summed E-state index contributed by atoms with van der Waals surface area (Å²) >= 11 is 6.23. The molecule has 17 heavy (non-hydrogen) atoms. The van der Waals surface area contributed by atoms with Crippen LogP contribution in [0.1, 0.15) is 44.0 Å². The van der Waals surface area contributed by atoms with Crippen molar-refractivity contribution in [2.45, 2.75) is 51.6 Å². The maximum Gasteiger partial charge on any atom is 0.0848 e. The minimum absolute atomic E-state index is 0.587. The highest BCUT2D eigenvalue weighted by atomic mass is 35.5. The zero-order chi connectivity index (χ0) is 12.6. The van der Waals surface area contributed by atoms with Gasteiger partial charge in [-0.1, -0.05) is 18.5 Å². The van der Waals surface area contributed by atoms with Gasteiger partial charge in [0.1, 0.15) is 0 Å². The van der Waals surface area contributed by atoms with Crippen molar-refractivity contribution in [3.8, 4) is 0 Å². The molecule has 4 heteroatoms. The predicted molar refractivity (Wildman–Crippen MR) is 69.2 cm³/mol. The van der Waals surface area contributed by atoms with E-state index in [1.165, 1.54) is 0 Å². The molecule has 1 aromatic rings. The van der Waals surface area contributed by atoms with Crippen LogP contribution in [0.4, 0.5) is 0 Å². The molecule has 1 N–H and O–H groups in total. The Morgan fingerprint density at radius 3 is 2.53 bits per heavy atom. The Hall–Kier alpha value is -0.540. The van der Waals surface area contributed by atoms with Crippen LogP contribution in [0.15, 0.2) is 0 Å². The topological polar surface area (TPSA) is 38.0 Å². The van der Waals surface area contributed by atoms with Crippen molar-refractivity contribution in [3.63, 3.8) is 0 Å². The van der Waals surface area contributed by atoms with Gasteiger partial charge in [0.25, 0.3) is 0 Å². The second-order valence-corrected chi connectivity index (χ2v) is 5.93. The third kappa shape index (κ3) is 2.66. The summed E-state index contributed by atoms with van der Waals surface area (Å²) in [5.74, 6) is 0.735. The van der Waals surface area contributed by atoms with Crippen LogP contribution in [0.3, 0.4) is 0 Å². The molecule has 0 atom stereocenters. The van der Waals surface area contributed by atoms with E-state index in [0.717, 1.165) is 43.0 Å². The highest BCUT2D eigenvalue weighted by Gasteiger charge is 2.33. The number of aliphatic hydroxyl groups is 1. The first-order valence-electron chi connectivity index (χ1n) is 6.32. The predicted octanol–water partition coefficient (Wildman–Crippen LogP) is 2.87. The van der Waals surface area contributed by atoms with Crippen molar-refractivity contribution >= 4 is 11.6 Å². The normalized spacial score (nSPS) is 29.6. The molecule has 1 aliphatic carbocycles. The summed E-state index contributed by atoms with van der Waals surface area (Å²) < 4.78 is 1.80. The molecule has 0 aromatic carbocycles. The van der Waals surface area contributed by atoms with Gasteiger partial charge in [0.05, 0.1) is 22.0 Å². The van der Waals surface area contributed by atoms with Gasteiger partial charge >= 0.3 is 0 Å². The molecule has 0 aliphatic heterocycles. The molecule has 1 aromatic heterocycles. The highest BCUT2D eigenvalue weighted by molar-refractivity contribution is 6.31. The SMILES string of the molecule is Cc1nn(C)c(CC2(O)CCC(C)CC2)c1Cl. The Morgan fingerprint density at radius 2 is 2.06 bits per heavy atom. The van der Waals surface area contributed by atoms with Crippen molar-refractivity contribution in [1.82, 2.24) is 9.78 Å². The second kappa shape index (κ2) is 4.62. The van der Waals surface area contributed by atoms with Gasteiger partial charge in [0.2, 0.25) is 0 Å². The molecule has 1 aliphatic rings. The van der Waals surface area contributed by atoms with Gasteiger partial charge in [-0.3, -0.25) is 4.68 Å². The number of hydrogen-bond donors (Lipinski definition) is 1. The molecule has 96 valence electrons. The number of aromatic nitrogens is 2. The van der Waals surface area contributed by atoms with Gasteiger partial charge in [-0.05, 0) is 38.5 Å². The van der Waals surface area contributed by atoms with E-state index in [9.17, 15) is 5.11 Å². The van der Waals surface area contributed by atoms with Crippen LogP contribution in [0.5, 0.6) is 0 Å². The lowest BCUT2D eigenvalue weighted by Gasteiger charge is -2.35. The summed E-state index contributed by atoms with van der Waals surface area (Å²) in [6, 6.07) is 0. The molecule has 0 bridgehead atoms. The monoisotopic (exact) mass is 256 g/mol. The van der Waals surface area contributed by atoms with Crippen molar-refractivity contribution in [2.24, 2.45) is 13.0 Å². The highest BCUT2D eigenvalue weighted by Crippen LogP contribution is 2.35. The van der Waals surface area contributed by atoms with Crippen LogP contribution in [-0.2, 0) is 13.5 Å². The fraction of sp³-hybridized carbons (Fsp3) is 0.769. The molecule has 0 amide bonds. The first-order chi connectivity index (χ1) is 7.91. The largest absolute Gasteiger partial charge is 0.389 e. The molecule has 1 fully saturated rings. The van der Waals surface area contributed by atoms with Crippen molar-refractivity contribution in [3.05, 3.63) is 16.4 Å². The number of aryl methyl sites for hydroxylation is 2. The zero-order valence-electron chi connectivity index (χ0n) is 10.8. The smallest absolute Gasteiger partial charge is 0.0848 e. The van der Waals surface area contributed by atoms with E-state index in [4.69, 9.17) is 11.6 Å². The first kappa shape index (κ1) is 12.9. The fourth-order valence-electron chi connectivity index (χ4n) is 2.66. The number of rotatable bonds is 2. The maximum absolute atomic E-state index is 10.6. The Bertz CT molecular complexity index is 406. The van der Waals surface area contributed by atoms with Gasteiger partial charge in [0.15, 0.2) is 0 Å². The van der Waals surface area contributed by atoms with E-state index >= 15 is 0 Å². The molecule has 0 unspecified atom stereocenters. The molecule has 0 radical (unpaired) electrons. The lowest BCUT2D eigenvalue weighted by molar-refractivity contribution is -0.00810. The Morgan fingerprint density at radius 1 is 1.47 bits per heavy atom. The summed E-state index contributed by atoms with van der Waals surface area (Å²) in [5.41, 5.74) is 1.22. The standard InChI is InChI=1S/C13H21ClN2O/c1-9-4-6-13(17,7-5-9)8-11-12(14)10(2)15-16(11)3/h9,17H,4-8H2,1-3H3. The van der Waals surface area contributed by atoms with Gasteiger partial charge in [-0.2, -0.15) is 5.10 Å². The van der Waals surface area contributed by atoms with Crippen molar-refractivity contribution in [2.75, 3.05) is 0 Å². The van der Waals surface area contributed by atoms with Crippen LogP contribution in [-0.4, -0.2) is 20.5 Å². The van der Waals surface area contributed by atoms with E-state index < -0.39 is 5.60 Å². The maximum atomic E-state index is 10.6.